The lowest BCUT2D eigenvalue weighted by molar-refractivity contribution is -0.143. The summed E-state index contributed by atoms with van der Waals surface area (Å²) in [4.78, 5) is -1.18. The molecule has 1 heterocycles. The zero-order chi connectivity index (χ0) is 23.7. The predicted molar refractivity (Wildman–Crippen MR) is 101 cm³/mol. The van der Waals surface area contributed by atoms with E-state index in [0.29, 0.717) is 11.3 Å². The third kappa shape index (κ3) is 5.28. The van der Waals surface area contributed by atoms with Crippen LogP contribution in [0.2, 0.25) is 0 Å². The average Bonchev–Trinajstić information content (AvgIpc) is 2.72. The van der Waals surface area contributed by atoms with Gasteiger partial charge in [0.1, 0.15) is 0 Å². The molecule has 0 saturated carbocycles. The average molecular weight is 477 g/mol. The van der Waals surface area contributed by atoms with Crippen molar-refractivity contribution in [3.8, 4) is 17.1 Å². The maximum atomic E-state index is 13.0. The minimum absolute atomic E-state index is 0.0822. The molecule has 0 aliphatic heterocycles. The van der Waals surface area contributed by atoms with E-state index in [1.54, 1.807) is 12.1 Å². The number of methoxy groups -OCH3 is 1. The lowest BCUT2D eigenvalue weighted by Gasteiger charge is -2.15. The number of nitrogens with zero attached hydrogens (tertiary/aromatic N) is 2. The van der Waals surface area contributed by atoms with Crippen molar-refractivity contribution < 1.29 is 39.5 Å². The second-order valence-corrected chi connectivity index (χ2v) is 8.07. The Hall–Kier alpha value is -3.35. The molecule has 0 amide bonds. The molecule has 0 unspecified atom stereocenters. The van der Waals surface area contributed by atoms with Gasteiger partial charge >= 0.3 is 12.4 Å². The number of nitrogens with one attached hydrogen (secondary N) is 1. The number of aromatic nitrogens is 2. The molecule has 0 bridgehead atoms. The zero-order valence-electron chi connectivity index (χ0n) is 16.0. The summed E-state index contributed by atoms with van der Waals surface area (Å²) in [7, 11) is -3.35. The first-order valence-corrected chi connectivity index (χ1v) is 10.1. The van der Waals surface area contributed by atoms with Crippen LogP contribution in [0.1, 0.15) is 11.1 Å². The van der Waals surface area contributed by atoms with Gasteiger partial charge in [-0.2, -0.15) is 26.3 Å². The van der Waals surface area contributed by atoms with Gasteiger partial charge in [0.2, 0.25) is 5.88 Å². The summed E-state index contributed by atoms with van der Waals surface area (Å²) in [5.41, 5.74) is -2.60. The van der Waals surface area contributed by atoms with Crippen LogP contribution in [-0.4, -0.2) is 25.7 Å². The number of alkyl halides is 6. The van der Waals surface area contributed by atoms with Gasteiger partial charge in [0.15, 0.2) is 0 Å². The van der Waals surface area contributed by atoms with E-state index in [9.17, 15) is 34.8 Å². The highest BCUT2D eigenvalue weighted by atomic mass is 32.2. The molecule has 1 aromatic heterocycles. The van der Waals surface area contributed by atoms with Crippen LogP contribution in [-0.2, 0) is 22.4 Å². The van der Waals surface area contributed by atoms with Crippen LogP contribution >= 0.6 is 0 Å². The fraction of sp³-hybridized carbons (Fsp3) is 0.158. The fourth-order valence-corrected chi connectivity index (χ4v) is 3.72. The van der Waals surface area contributed by atoms with Crippen molar-refractivity contribution in [1.82, 2.24) is 10.2 Å². The van der Waals surface area contributed by atoms with Crippen LogP contribution in [0.3, 0.4) is 0 Å². The molecule has 2 aromatic carbocycles. The Morgan fingerprint density at radius 3 is 1.81 bits per heavy atom. The van der Waals surface area contributed by atoms with Crippen LogP contribution in [0.5, 0.6) is 5.88 Å². The molecule has 0 fully saturated rings. The molecule has 1 N–H and O–H groups in total. The van der Waals surface area contributed by atoms with Crippen LogP contribution in [0.25, 0.3) is 11.3 Å². The number of rotatable bonds is 5. The second-order valence-electron chi connectivity index (χ2n) is 6.39. The van der Waals surface area contributed by atoms with E-state index >= 15 is 0 Å². The zero-order valence-corrected chi connectivity index (χ0v) is 16.8. The minimum atomic E-state index is -5.17. The van der Waals surface area contributed by atoms with Gasteiger partial charge in [0, 0.05) is 17.3 Å². The maximum absolute atomic E-state index is 13.0. The molecule has 13 heteroatoms. The predicted octanol–water partition coefficient (Wildman–Crippen LogP) is 4.99. The van der Waals surface area contributed by atoms with E-state index in [4.69, 9.17) is 4.74 Å². The number of hydrogen-bond acceptors (Lipinski definition) is 5. The van der Waals surface area contributed by atoms with Crippen LogP contribution in [0.15, 0.2) is 59.5 Å². The molecule has 0 spiro atoms. The van der Waals surface area contributed by atoms with Crippen molar-refractivity contribution in [2.24, 2.45) is 0 Å². The van der Waals surface area contributed by atoms with Gasteiger partial charge in [-0.15, -0.1) is 10.2 Å². The Morgan fingerprint density at radius 2 is 1.38 bits per heavy atom. The van der Waals surface area contributed by atoms with Crippen molar-refractivity contribution in [3.05, 3.63) is 65.7 Å². The maximum Gasteiger partial charge on any atom is 0.416 e. The summed E-state index contributed by atoms with van der Waals surface area (Å²) in [6, 6.07) is 8.70. The second kappa shape index (κ2) is 8.30. The van der Waals surface area contributed by atoms with Gasteiger partial charge < -0.3 is 4.74 Å². The number of sulfonamides is 1. The number of anilines is 1. The number of halogens is 6. The van der Waals surface area contributed by atoms with Gasteiger partial charge in [-0.05, 0) is 36.4 Å². The van der Waals surface area contributed by atoms with Crippen LogP contribution in [0.4, 0.5) is 32.0 Å². The van der Waals surface area contributed by atoms with Crippen molar-refractivity contribution in [3.63, 3.8) is 0 Å². The normalized spacial score (nSPS) is 12.5. The Kier molecular flexibility index (Phi) is 6.05. The van der Waals surface area contributed by atoms with Crippen LogP contribution < -0.4 is 9.46 Å². The van der Waals surface area contributed by atoms with Gasteiger partial charge in [-0.3, -0.25) is 4.72 Å². The highest BCUT2D eigenvalue weighted by Gasteiger charge is 2.38. The van der Waals surface area contributed by atoms with E-state index in [0.717, 1.165) is 0 Å². The van der Waals surface area contributed by atoms with E-state index in [2.05, 4.69) is 10.2 Å². The van der Waals surface area contributed by atoms with Crippen LogP contribution in [0, 0.1) is 0 Å². The van der Waals surface area contributed by atoms with E-state index in [1.165, 1.54) is 31.4 Å². The summed E-state index contributed by atoms with van der Waals surface area (Å²) in [5.74, 6) is 0.275. The molecule has 32 heavy (non-hydrogen) atoms. The van der Waals surface area contributed by atoms with Crippen molar-refractivity contribution in [1.29, 1.82) is 0 Å². The van der Waals surface area contributed by atoms with Crippen molar-refractivity contribution in [2.75, 3.05) is 11.8 Å². The molecular weight excluding hydrogens is 464 g/mol. The van der Waals surface area contributed by atoms with Crippen molar-refractivity contribution in [2.45, 2.75) is 17.2 Å². The molecular formula is C19H13F6N3O3S. The number of benzene rings is 2. The summed E-state index contributed by atoms with van der Waals surface area (Å²) < 4.78 is 110. The monoisotopic (exact) mass is 477 g/mol. The Bertz CT molecular complexity index is 1180. The number of ether oxygens (including phenoxy) is 1. The molecule has 170 valence electrons. The molecule has 0 aliphatic rings. The minimum Gasteiger partial charge on any atom is -0.480 e. The largest absolute Gasteiger partial charge is 0.480 e. The Labute approximate surface area is 177 Å². The lowest BCUT2D eigenvalue weighted by atomic mass is 10.1. The SMILES string of the molecule is COc1ccc(-c2ccc(NS(=O)(=O)c3cc(C(F)(F)F)cc(C(F)(F)F)c3)cc2)nn1. The van der Waals surface area contributed by atoms with E-state index in [-0.39, 0.29) is 29.8 Å². The van der Waals surface area contributed by atoms with Gasteiger partial charge in [0.05, 0.1) is 28.8 Å². The van der Waals surface area contributed by atoms with Gasteiger partial charge in [0.25, 0.3) is 10.0 Å². The summed E-state index contributed by atoms with van der Waals surface area (Å²) in [6.07, 6.45) is -10.3. The highest BCUT2D eigenvalue weighted by Crippen LogP contribution is 2.37. The molecule has 0 radical (unpaired) electrons. The summed E-state index contributed by atoms with van der Waals surface area (Å²) in [5, 5.41) is 7.69. The Morgan fingerprint density at radius 1 is 0.812 bits per heavy atom. The smallest absolute Gasteiger partial charge is 0.416 e. The van der Waals surface area contributed by atoms with Gasteiger partial charge in [-0.1, -0.05) is 12.1 Å². The third-order valence-electron chi connectivity index (χ3n) is 4.15. The standard InChI is InChI=1S/C19H13F6N3O3S/c1-31-17-7-6-16(26-27-17)11-2-4-14(5-3-11)28-32(29,30)15-9-12(18(20,21)22)8-13(10-15)19(23,24)25/h2-10,28H,1H3. The van der Waals surface area contributed by atoms with E-state index in [1.807, 2.05) is 4.72 Å². The third-order valence-corrected chi connectivity index (χ3v) is 5.51. The Balaban J connectivity index is 1.91. The topological polar surface area (TPSA) is 81.2 Å². The molecule has 0 saturated heterocycles. The first-order valence-electron chi connectivity index (χ1n) is 8.60. The number of hydrogen-bond donors (Lipinski definition) is 1. The molecule has 3 rings (SSSR count). The molecule has 0 atom stereocenters. The molecule has 0 aliphatic carbocycles. The first-order chi connectivity index (χ1) is 14.8. The van der Waals surface area contributed by atoms with Gasteiger partial charge in [-0.25, -0.2) is 8.42 Å². The van der Waals surface area contributed by atoms with E-state index < -0.39 is 38.4 Å². The lowest BCUT2D eigenvalue weighted by Crippen LogP contribution is -2.17. The first kappa shape index (κ1) is 23.3. The fourth-order valence-electron chi connectivity index (χ4n) is 2.59. The summed E-state index contributed by atoms with van der Waals surface area (Å²) >= 11 is 0. The summed E-state index contributed by atoms with van der Waals surface area (Å²) in [6.45, 7) is 0. The highest BCUT2D eigenvalue weighted by molar-refractivity contribution is 7.92. The quantitative estimate of drug-likeness (QED) is 0.524. The molecule has 3 aromatic rings. The molecule has 6 nitrogen and oxygen atoms in total. The van der Waals surface area contributed by atoms with Crippen molar-refractivity contribution >= 4 is 15.7 Å².